The molecule has 5 rings (SSSR count). The van der Waals surface area contributed by atoms with Gasteiger partial charge in [-0.2, -0.15) is 0 Å². The zero-order chi connectivity index (χ0) is 23.7. The maximum absolute atomic E-state index is 12.0. The minimum atomic E-state index is -0.405. The monoisotopic (exact) mass is 451 g/mol. The average molecular weight is 452 g/mol. The van der Waals surface area contributed by atoms with Crippen LogP contribution in [-0.4, -0.2) is 20.3 Å². The number of furan rings is 1. The van der Waals surface area contributed by atoms with Crippen LogP contribution in [0.3, 0.4) is 0 Å². The number of benzene rings is 2. The van der Waals surface area contributed by atoms with E-state index in [0.29, 0.717) is 30.1 Å². The molecule has 0 unspecified atom stereocenters. The molecule has 34 heavy (non-hydrogen) atoms. The van der Waals surface area contributed by atoms with E-state index in [1.807, 2.05) is 79.0 Å². The maximum atomic E-state index is 12.0. The number of ether oxygens (including phenoxy) is 1. The molecule has 5 aromatic rings. The lowest BCUT2D eigenvalue weighted by Crippen LogP contribution is -2.07. The first-order valence-corrected chi connectivity index (χ1v) is 11.2. The topological polar surface area (TPSA) is 69.6 Å². The van der Waals surface area contributed by atoms with Crippen LogP contribution in [0.4, 0.5) is 0 Å². The van der Waals surface area contributed by atoms with Crippen molar-refractivity contribution in [3.05, 3.63) is 107 Å². The molecule has 2 aromatic carbocycles. The molecule has 0 radical (unpaired) electrons. The van der Waals surface area contributed by atoms with Gasteiger partial charge < -0.3 is 9.15 Å². The lowest BCUT2D eigenvalue weighted by atomic mass is 10.1. The van der Waals surface area contributed by atoms with Gasteiger partial charge in [-0.15, -0.1) is 0 Å². The Kier molecular flexibility index (Phi) is 5.72. The standard InChI is InChI=1S/C28H25N3O3/c1-18-14-23(33-19(18)2)16-25-28(34-20(3)32)31-17-26(22-12-8-5-9-13-22)29-24(27(31)30-25)15-21-10-6-4-7-11-21/h4-14,17H,15-16H2,1-3H3. The van der Waals surface area contributed by atoms with Crippen molar-refractivity contribution in [2.75, 3.05) is 0 Å². The Labute approximate surface area is 197 Å². The largest absolute Gasteiger partial charge is 0.466 e. The summed E-state index contributed by atoms with van der Waals surface area (Å²) in [4.78, 5) is 21.9. The summed E-state index contributed by atoms with van der Waals surface area (Å²) in [6.07, 6.45) is 2.89. The Morgan fingerprint density at radius 1 is 0.941 bits per heavy atom. The summed E-state index contributed by atoms with van der Waals surface area (Å²) in [5.74, 6) is 1.62. The molecule has 170 valence electrons. The molecule has 0 aliphatic heterocycles. The summed E-state index contributed by atoms with van der Waals surface area (Å²) in [5, 5.41) is 0. The van der Waals surface area contributed by atoms with Crippen molar-refractivity contribution in [3.8, 4) is 17.1 Å². The zero-order valence-corrected chi connectivity index (χ0v) is 19.4. The first-order chi connectivity index (χ1) is 16.5. The van der Waals surface area contributed by atoms with Gasteiger partial charge in [0, 0.05) is 25.1 Å². The van der Waals surface area contributed by atoms with Gasteiger partial charge in [0.25, 0.3) is 0 Å². The SMILES string of the molecule is CC(=O)Oc1c(Cc2cc(C)c(C)o2)nc2c(Cc3ccccc3)nc(-c3ccccc3)cn12. The van der Waals surface area contributed by atoms with Gasteiger partial charge in [0.2, 0.25) is 5.88 Å². The van der Waals surface area contributed by atoms with E-state index in [1.54, 1.807) is 0 Å². The van der Waals surface area contributed by atoms with Crippen LogP contribution in [0.1, 0.15) is 41.0 Å². The molecule has 0 fully saturated rings. The molecule has 0 saturated heterocycles. The molecule has 0 bridgehead atoms. The van der Waals surface area contributed by atoms with Crippen LogP contribution in [0.2, 0.25) is 0 Å². The molecule has 0 amide bonds. The normalized spacial score (nSPS) is 11.1. The van der Waals surface area contributed by atoms with E-state index in [4.69, 9.17) is 19.1 Å². The summed E-state index contributed by atoms with van der Waals surface area (Å²) in [7, 11) is 0. The Bertz CT molecular complexity index is 1450. The molecule has 0 aliphatic carbocycles. The third-order valence-corrected chi connectivity index (χ3v) is 5.78. The van der Waals surface area contributed by atoms with Crippen molar-refractivity contribution < 1.29 is 13.9 Å². The van der Waals surface area contributed by atoms with Gasteiger partial charge in [0.1, 0.15) is 17.2 Å². The van der Waals surface area contributed by atoms with Crippen molar-refractivity contribution in [2.24, 2.45) is 0 Å². The number of hydrogen-bond acceptors (Lipinski definition) is 5. The molecule has 0 saturated carbocycles. The van der Waals surface area contributed by atoms with Crippen LogP contribution < -0.4 is 4.74 Å². The van der Waals surface area contributed by atoms with Crippen molar-refractivity contribution >= 4 is 11.6 Å². The number of hydrogen-bond donors (Lipinski definition) is 0. The van der Waals surface area contributed by atoms with Crippen molar-refractivity contribution in [1.82, 2.24) is 14.4 Å². The summed E-state index contributed by atoms with van der Waals surface area (Å²) in [6.45, 7) is 5.34. The Hall–Kier alpha value is -4.19. The van der Waals surface area contributed by atoms with Crippen LogP contribution in [0.25, 0.3) is 16.9 Å². The number of carbonyl (C=O) groups is 1. The van der Waals surface area contributed by atoms with E-state index in [1.165, 1.54) is 6.92 Å². The van der Waals surface area contributed by atoms with E-state index >= 15 is 0 Å². The van der Waals surface area contributed by atoms with Gasteiger partial charge in [0.15, 0.2) is 5.65 Å². The molecular formula is C28H25N3O3. The fourth-order valence-corrected chi connectivity index (χ4v) is 4.05. The Morgan fingerprint density at radius 3 is 2.29 bits per heavy atom. The van der Waals surface area contributed by atoms with Crippen LogP contribution in [-0.2, 0) is 17.6 Å². The maximum Gasteiger partial charge on any atom is 0.309 e. The fourth-order valence-electron chi connectivity index (χ4n) is 4.05. The van der Waals surface area contributed by atoms with E-state index < -0.39 is 5.97 Å². The second-order valence-corrected chi connectivity index (χ2v) is 8.38. The highest BCUT2D eigenvalue weighted by molar-refractivity contribution is 5.70. The number of carbonyl (C=O) groups excluding carboxylic acids is 1. The highest BCUT2D eigenvalue weighted by Crippen LogP contribution is 2.30. The number of imidazole rings is 1. The van der Waals surface area contributed by atoms with Gasteiger partial charge in [-0.25, -0.2) is 9.97 Å². The first kappa shape index (κ1) is 21.6. The third kappa shape index (κ3) is 4.35. The molecule has 0 atom stereocenters. The van der Waals surface area contributed by atoms with E-state index in [2.05, 4.69) is 12.1 Å². The molecule has 3 heterocycles. The fraction of sp³-hybridized carbons (Fsp3) is 0.179. The van der Waals surface area contributed by atoms with Gasteiger partial charge in [-0.3, -0.25) is 9.20 Å². The predicted molar refractivity (Wildman–Crippen MR) is 130 cm³/mol. The van der Waals surface area contributed by atoms with Gasteiger partial charge in [0.05, 0.1) is 17.8 Å². The quantitative estimate of drug-likeness (QED) is 0.309. The van der Waals surface area contributed by atoms with E-state index in [-0.39, 0.29) is 0 Å². The van der Waals surface area contributed by atoms with Crippen LogP contribution in [0.15, 0.2) is 77.3 Å². The lowest BCUT2D eigenvalue weighted by molar-refractivity contribution is -0.132. The lowest BCUT2D eigenvalue weighted by Gasteiger charge is -2.10. The highest BCUT2D eigenvalue weighted by Gasteiger charge is 2.22. The van der Waals surface area contributed by atoms with Crippen molar-refractivity contribution in [1.29, 1.82) is 0 Å². The summed E-state index contributed by atoms with van der Waals surface area (Å²) in [5.41, 5.74) is 6.05. The van der Waals surface area contributed by atoms with Crippen molar-refractivity contribution in [3.63, 3.8) is 0 Å². The second kappa shape index (κ2) is 8.98. The molecular weight excluding hydrogens is 426 g/mol. The van der Waals surface area contributed by atoms with Gasteiger partial charge in [-0.05, 0) is 31.0 Å². The number of fused-ring (bicyclic) bond motifs is 1. The predicted octanol–water partition coefficient (Wildman–Crippen LogP) is 5.71. The number of rotatable bonds is 6. The van der Waals surface area contributed by atoms with Crippen LogP contribution in [0, 0.1) is 13.8 Å². The Balaban J connectivity index is 1.71. The third-order valence-electron chi connectivity index (χ3n) is 5.78. The minimum Gasteiger partial charge on any atom is -0.466 e. The Morgan fingerprint density at radius 2 is 1.65 bits per heavy atom. The number of aryl methyl sites for hydroxylation is 2. The van der Waals surface area contributed by atoms with Crippen molar-refractivity contribution in [2.45, 2.75) is 33.6 Å². The zero-order valence-electron chi connectivity index (χ0n) is 19.4. The van der Waals surface area contributed by atoms with Crippen LogP contribution in [0.5, 0.6) is 5.88 Å². The van der Waals surface area contributed by atoms with Gasteiger partial charge >= 0.3 is 5.97 Å². The first-order valence-electron chi connectivity index (χ1n) is 11.2. The molecule has 6 nitrogen and oxygen atoms in total. The molecule has 0 aliphatic rings. The number of aromatic nitrogens is 3. The van der Waals surface area contributed by atoms with E-state index in [0.717, 1.165) is 39.6 Å². The minimum absolute atomic E-state index is 0.392. The van der Waals surface area contributed by atoms with Crippen LogP contribution >= 0.6 is 0 Å². The second-order valence-electron chi connectivity index (χ2n) is 8.38. The summed E-state index contributed by atoms with van der Waals surface area (Å²) >= 11 is 0. The summed E-state index contributed by atoms with van der Waals surface area (Å²) < 4.78 is 13.4. The molecule has 3 aromatic heterocycles. The highest BCUT2D eigenvalue weighted by atomic mass is 16.5. The van der Waals surface area contributed by atoms with E-state index in [9.17, 15) is 4.79 Å². The van der Waals surface area contributed by atoms with Gasteiger partial charge in [-0.1, -0.05) is 60.7 Å². The number of nitrogens with zero attached hydrogens (tertiary/aromatic N) is 3. The molecule has 0 spiro atoms. The molecule has 6 heteroatoms. The smallest absolute Gasteiger partial charge is 0.309 e. The number of esters is 1. The average Bonchev–Trinajstić information content (AvgIpc) is 3.33. The summed E-state index contributed by atoms with van der Waals surface area (Å²) in [6, 6.07) is 22.1. The molecule has 0 N–H and O–H groups in total.